The highest BCUT2D eigenvalue weighted by molar-refractivity contribution is 7.80. The second-order valence-corrected chi connectivity index (χ2v) is 4.53. The molecule has 20 heavy (non-hydrogen) atoms. The third kappa shape index (κ3) is 2.92. The molecule has 0 spiro atoms. The minimum atomic E-state index is -0.508. The van der Waals surface area contributed by atoms with E-state index in [-0.39, 0.29) is 10.6 Å². The molecule has 0 radical (unpaired) electrons. The van der Waals surface area contributed by atoms with E-state index in [1.807, 2.05) is 0 Å². The lowest BCUT2D eigenvalue weighted by Gasteiger charge is -2.12. The predicted octanol–water partition coefficient (Wildman–Crippen LogP) is 2.30. The SMILES string of the molecule is NC(=O)c1ccc(Nc2cccc(F)c2C(N)=S)cc1. The Balaban J connectivity index is 2.33. The lowest BCUT2D eigenvalue weighted by molar-refractivity contribution is 0.100. The molecule has 4 nitrogen and oxygen atoms in total. The zero-order valence-corrected chi connectivity index (χ0v) is 11.2. The van der Waals surface area contributed by atoms with Crippen molar-refractivity contribution in [1.82, 2.24) is 0 Å². The molecule has 0 aliphatic carbocycles. The van der Waals surface area contributed by atoms with Gasteiger partial charge in [0.2, 0.25) is 5.91 Å². The normalized spacial score (nSPS) is 10.1. The summed E-state index contributed by atoms with van der Waals surface area (Å²) >= 11 is 4.84. The number of thiocarbonyl (C=S) groups is 1. The topological polar surface area (TPSA) is 81.1 Å². The van der Waals surface area contributed by atoms with Crippen molar-refractivity contribution in [2.24, 2.45) is 11.5 Å². The van der Waals surface area contributed by atoms with Gasteiger partial charge in [0, 0.05) is 11.3 Å². The Hall–Kier alpha value is -2.47. The third-order valence-electron chi connectivity index (χ3n) is 2.71. The number of nitrogens with two attached hydrogens (primary N) is 2. The summed E-state index contributed by atoms with van der Waals surface area (Å²) in [7, 11) is 0. The number of hydrogen-bond acceptors (Lipinski definition) is 3. The van der Waals surface area contributed by atoms with E-state index in [0.717, 1.165) is 0 Å². The van der Waals surface area contributed by atoms with Crippen LogP contribution in [0.1, 0.15) is 15.9 Å². The first-order valence-electron chi connectivity index (χ1n) is 5.74. The maximum absolute atomic E-state index is 13.7. The Morgan fingerprint density at radius 1 is 1.10 bits per heavy atom. The van der Waals surface area contributed by atoms with Crippen LogP contribution >= 0.6 is 12.2 Å². The number of rotatable bonds is 4. The molecule has 0 atom stereocenters. The Kier molecular flexibility index (Phi) is 3.95. The summed E-state index contributed by atoms with van der Waals surface area (Å²) in [5.41, 5.74) is 12.4. The van der Waals surface area contributed by atoms with Crippen LogP contribution in [-0.2, 0) is 0 Å². The average Bonchev–Trinajstić information content (AvgIpc) is 2.39. The molecule has 0 unspecified atom stereocenters. The van der Waals surface area contributed by atoms with Crippen LogP contribution in [-0.4, -0.2) is 10.9 Å². The standard InChI is InChI=1S/C14H12FN3OS/c15-10-2-1-3-11(12(10)14(17)20)18-9-6-4-8(5-7-9)13(16)19/h1-7,18H,(H2,16,19)(H2,17,20). The summed E-state index contributed by atoms with van der Waals surface area (Å²) in [6, 6.07) is 11.0. The van der Waals surface area contributed by atoms with Gasteiger partial charge in [0.1, 0.15) is 10.8 Å². The molecule has 0 fully saturated rings. The summed E-state index contributed by atoms with van der Waals surface area (Å²) < 4.78 is 13.7. The van der Waals surface area contributed by atoms with Gasteiger partial charge in [-0.3, -0.25) is 4.79 Å². The van der Waals surface area contributed by atoms with Gasteiger partial charge in [0.05, 0.1) is 11.3 Å². The largest absolute Gasteiger partial charge is 0.389 e. The summed E-state index contributed by atoms with van der Waals surface area (Å²) in [5, 5.41) is 3.00. The van der Waals surface area contributed by atoms with Crippen molar-refractivity contribution in [3.05, 3.63) is 59.4 Å². The molecule has 102 valence electrons. The number of carbonyl (C=O) groups is 1. The van der Waals surface area contributed by atoms with E-state index in [0.29, 0.717) is 16.9 Å². The van der Waals surface area contributed by atoms with Crippen molar-refractivity contribution in [2.75, 3.05) is 5.32 Å². The summed E-state index contributed by atoms with van der Waals surface area (Å²) in [6.45, 7) is 0. The molecule has 0 aliphatic heterocycles. The minimum Gasteiger partial charge on any atom is -0.389 e. The molecule has 6 heteroatoms. The Bertz CT molecular complexity index is 671. The van der Waals surface area contributed by atoms with Crippen molar-refractivity contribution in [2.45, 2.75) is 0 Å². The molecule has 0 bridgehead atoms. The lowest BCUT2D eigenvalue weighted by atomic mass is 10.1. The van der Waals surface area contributed by atoms with E-state index >= 15 is 0 Å². The van der Waals surface area contributed by atoms with Gasteiger partial charge < -0.3 is 16.8 Å². The fraction of sp³-hybridized carbons (Fsp3) is 0. The molecule has 5 N–H and O–H groups in total. The summed E-state index contributed by atoms with van der Waals surface area (Å²) in [5.74, 6) is -0.998. The maximum atomic E-state index is 13.7. The molecular formula is C14H12FN3OS. The highest BCUT2D eigenvalue weighted by Crippen LogP contribution is 2.23. The highest BCUT2D eigenvalue weighted by Gasteiger charge is 2.11. The van der Waals surface area contributed by atoms with Crippen molar-refractivity contribution >= 4 is 34.5 Å². The highest BCUT2D eigenvalue weighted by atomic mass is 32.1. The number of nitrogens with one attached hydrogen (secondary N) is 1. The molecular weight excluding hydrogens is 277 g/mol. The van der Waals surface area contributed by atoms with Gasteiger partial charge in [0.15, 0.2) is 0 Å². The van der Waals surface area contributed by atoms with Crippen LogP contribution in [0.15, 0.2) is 42.5 Å². The molecule has 0 aromatic heterocycles. The van der Waals surface area contributed by atoms with Crippen molar-refractivity contribution in [1.29, 1.82) is 0 Å². The number of benzene rings is 2. The van der Waals surface area contributed by atoms with E-state index in [2.05, 4.69) is 5.32 Å². The van der Waals surface area contributed by atoms with Gasteiger partial charge in [-0.25, -0.2) is 4.39 Å². The number of amides is 1. The minimum absolute atomic E-state index is 0.0284. The molecule has 2 aromatic rings. The number of halogens is 1. The van der Waals surface area contributed by atoms with Gasteiger partial charge in [-0.1, -0.05) is 18.3 Å². The quantitative estimate of drug-likeness (QED) is 0.754. The van der Waals surface area contributed by atoms with Crippen LogP contribution in [0.3, 0.4) is 0 Å². The average molecular weight is 289 g/mol. The van der Waals surface area contributed by atoms with Gasteiger partial charge in [-0.15, -0.1) is 0 Å². The molecule has 1 amide bonds. The zero-order chi connectivity index (χ0) is 14.7. The second kappa shape index (κ2) is 5.66. The Morgan fingerprint density at radius 2 is 1.75 bits per heavy atom. The zero-order valence-electron chi connectivity index (χ0n) is 10.4. The van der Waals surface area contributed by atoms with Crippen molar-refractivity contribution in [3.63, 3.8) is 0 Å². The van der Waals surface area contributed by atoms with Crippen molar-refractivity contribution < 1.29 is 9.18 Å². The molecule has 0 aliphatic rings. The van der Waals surface area contributed by atoms with Crippen LogP contribution < -0.4 is 16.8 Å². The number of primary amides is 1. The first kappa shape index (κ1) is 14.0. The smallest absolute Gasteiger partial charge is 0.248 e. The summed E-state index contributed by atoms with van der Waals surface area (Å²) in [4.78, 5) is 10.9. The summed E-state index contributed by atoms with van der Waals surface area (Å²) in [6.07, 6.45) is 0. The fourth-order valence-corrected chi connectivity index (χ4v) is 1.96. The molecule has 2 rings (SSSR count). The number of hydrogen-bond donors (Lipinski definition) is 3. The molecule has 0 saturated carbocycles. The van der Waals surface area contributed by atoms with Gasteiger partial charge in [0.25, 0.3) is 0 Å². The second-order valence-electron chi connectivity index (χ2n) is 4.09. The number of carbonyl (C=O) groups excluding carboxylic acids is 1. The molecule has 0 heterocycles. The third-order valence-corrected chi connectivity index (χ3v) is 2.91. The monoisotopic (exact) mass is 289 g/mol. The van der Waals surface area contributed by atoms with Crippen LogP contribution in [0.4, 0.5) is 15.8 Å². The van der Waals surface area contributed by atoms with Crippen LogP contribution in [0, 0.1) is 5.82 Å². The lowest BCUT2D eigenvalue weighted by Crippen LogP contribution is -2.14. The van der Waals surface area contributed by atoms with Gasteiger partial charge >= 0.3 is 0 Å². The van der Waals surface area contributed by atoms with E-state index in [1.54, 1.807) is 36.4 Å². The first-order chi connectivity index (χ1) is 9.49. The fourth-order valence-electron chi connectivity index (χ4n) is 1.75. The molecule has 2 aromatic carbocycles. The van der Waals surface area contributed by atoms with Gasteiger partial charge in [-0.05, 0) is 36.4 Å². The predicted molar refractivity (Wildman–Crippen MR) is 80.5 cm³/mol. The number of anilines is 2. The Labute approximate surface area is 120 Å². The van der Waals surface area contributed by atoms with E-state index in [4.69, 9.17) is 23.7 Å². The maximum Gasteiger partial charge on any atom is 0.248 e. The van der Waals surface area contributed by atoms with Crippen molar-refractivity contribution in [3.8, 4) is 0 Å². The first-order valence-corrected chi connectivity index (χ1v) is 6.15. The van der Waals surface area contributed by atoms with E-state index in [1.165, 1.54) is 6.07 Å². The Morgan fingerprint density at radius 3 is 2.30 bits per heavy atom. The van der Waals surface area contributed by atoms with Gasteiger partial charge in [-0.2, -0.15) is 0 Å². The van der Waals surface area contributed by atoms with Crippen LogP contribution in [0.2, 0.25) is 0 Å². The molecule has 0 saturated heterocycles. The van der Waals surface area contributed by atoms with Crippen LogP contribution in [0.5, 0.6) is 0 Å². The van der Waals surface area contributed by atoms with Crippen LogP contribution in [0.25, 0.3) is 0 Å². The van der Waals surface area contributed by atoms with E-state index in [9.17, 15) is 9.18 Å². The van der Waals surface area contributed by atoms with E-state index < -0.39 is 11.7 Å².